The highest BCUT2D eigenvalue weighted by Gasteiger charge is 1.86. The van der Waals surface area contributed by atoms with E-state index in [0.29, 0.717) is 6.61 Å². The first-order valence-corrected chi connectivity index (χ1v) is 2.34. The Kier molecular flexibility index (Phi) is 4.12. The minimum Gasteiger partial charge on any atom is -0.381 e. The van der Waals surface area contributed by atoms with E-state index in [1.165, 1.54) is 13.2 Å². The molecule has 0 N–H and O–H groups in total. The fourth-order valence-corrected chi connectivity index (χ4v) is 0.283. The molecule has 0 unspecified atom stereocenters. The van der Waals surface area contributed by atoms with E-state index in [1.807, 2.05) is 0 Å². The third-order valence-electron chi connectivity index (χ3n) is 0.695. The van der Waals surface area contributed by atoms with Crippen LogP contribution in [0.15, 0.2) is 11.6 Å². The first-order chi connectivity index (χ1) is 4.35. The predicted octanol–water partition coefficient (Wildman–Crippen LogP) is 0.606. The van der Waals surface area contributed by atoms with Gasteiger partial charge in [0.05, 0.1) is 6.61 Å². The van der Waals surface area contributed by atoms with Crippen molar-refractivity contribution < 1.29 is 4.74 Å². The Morgan fingerprint density at radius 3 is 2.44 bits per heavy atom. The van der Waals surface area contributed by atoms with Gasteiger partial charge >= 0.3 is 0 Å². The Balaban J connectivity index is 3.85. The van der Waals surface area contributed by atoms with Crippen LogP contribution in [0.1, 0.15) is 0 Å². The summed E-state index contributed by atoms with van der Waals surface area (Å²) in [6.45, 7) is 0.316. The fraction of sp³-hybridized carbons (Fsp3) is 0.333. The van der Waals surface area contributed by atoms with Crippen LogP contribution in [0, 0.1) is 22.7 Å². The molecule has 0 aromatic heterocycles. The number of methoxy groups -OCH3 is 1. The van der Waals surface area contributed by atoms with Crippen LogP contribution in [0.4, 0.5) is 0 Å². The smallest absolute Gasteiger partial charge is 0.127 e. The van der Waals surface area contributed by atoms with Crippen molar-refractivity contribution in [3.05, 3.63) is 11.6 Å². The van der Waals surface area contributed by atoms with E-state index in [4.69, 9.17) is 10.5 Å². The van der Waals surface area contributed by atoms with Gasteiger partial charge in [0.2, 0.25) is 0 Å². The van der Waals surface area contributed by atoms with Crippen molar-refractivity contribution in [1.82, 2.24) is 0 Å². The fourth-order valence-electron chi connectivity index (χ4n) is 0.283. The van der Waals surface area contributed by atoms with Crippen molar-refractivity contribution in [1.29, 1.82) is 10.5 Å². The van der Waals surface area contributed by atoms with Gasteiger partial charge in [-0.15, -0.1) is 0 Å². The van der Waals surface area contributed by atoms with Crippen molar-refractivity contribution in [2.45, 2.75) is 0 Å². The quantitative estimate of drug-likeness (QED) is 0.504. The number of nitriles is 2. The average Bonchev–Trinajstić information content (AvgIpc) is 1.91. The highest BCUT2D eigenvalue weighted by atomic mass is 16.5. The van der Waals surface area contributed by atoms with Gasteiger partial charge in [-0.05, 0) is 6.08 Å². The topological polar surface area (TPSA) is 56.8 Å². The van der Waals surface area contributed by atoms with Gasteiger partial charge in [0, 0.05) is 7.11 Å². The lowest BCUT2D eigenvalue weighted by molar-refractivity contribution is 0.233. The summed E-state index contributed by atoms with van der Waals surface area (Å²) in [5, 5.41) is 16.3. The molecule has 0 aromatic carbocycles. The molecule has 0 atom stereocenters. The van der Waals surface area contributed by atoms with Crippen LogP contribution in [0.25, 0.3) is 0 Å². The molecule has 0 aromatic rings. The Hall–Kier alpha value is -1.32. The van der Waals surface area contributed by atoms with Gasteiger partial charge in [-0.25, -0.2) is 0 Å². The van der Waals surface area contributed by atoms with Crippen molar-refractivity contribution >= 4 is 0 Å². The number of rotatable bonds is 2. The summed E-state index contributed by atoms with van der Waals surface area (Å²) < 4.78 is 4.60. The second kappa shape index (κ2) is 4.83. The predicted molar refractivity (Wildman–Crippen MR) is 31.2 cm³/mol. The summed E-state index contributed by atoms with van der Waals surface area (Å²) in [7, 11) is 1.50. The Morgan fingerprint density at radius 2 is 2.11 bits per heavy atom. The Morgan fingerprint density at radius 1 is 1.56 bits per heavy atom. The first kappa shape index (κ1) is 7.68. The molecule has 0 rings (SSSR count). The monoisotopic (exact) mass is 122 g/mol. The number of allylic oxidation sites excluding steroid dienone is 1. The van der Waals surface area contributed by atoms with Gasteiger partial charge in [-0.1, -0.05) is 0 Å². The van der Waals surface area contributed by atoms with E-state index in [-0.39, 0.29) is 5.57 Å². The molecule has 0 amide bonds. The van der Waals surface area contributed by atoms with Gasteiger partial charge in [-0.3, -0.25) is 0 Å². The Bertz CT molecular complexity index is 166. The zero-order valence-corrected chi connectivity index (χ0v) is 5.09. The molecule has 0 aliphatic heterocycles. The van der Waals surface area contributed by atoms with E-state index in [9.17, 15) is 0 Å². The van der Waals surface area contributed by atoms with Gasteiger partial charge in [-0.2, -0.15) is 10.5 Å². The maximum atomic E-state index is 8.16. The number of ether oxygens (including phenoxy) is 1. The lowest BCUT2D eigenvalue weighted by Crippen LogP contribution is -1.83. The minimum atomic E-state index is 0.0943. The molecule has 0 fully saturated rings. The van der Waals surface area contributed by atoms with Gasteiger partial charge < -0.3 is 4.74 Å². The second-order valence-corrected chi connectivity index (χ2v) is 1.30. The minimum absolute atomic E-state index is 0.0943. The largest absolute Gasteiger partial charge is 0.381 e. The molecule has 0 saturated heterocycles. The molecule has 0 bridgehead atoms. The molecular weight excluding hydrogens is 116 g/mol. The van der Waals surface area contributed by atoms with E-state index in [0.717, 1.165) is 0 Å². The van der Waals surface area contributed by atoms with Crippen molar-refractivity contribution in [2.75, 3.05) is 13.7 Å². The molecule has 3 nitrogen and oxygen atoms in total. The van der Waals surface area contributed by atoms with Crippen LogP contribution in [0.5, 0.6) is 0 Å². The van der Waals surface area contributed by atoms with Gasteiger partial charge in [0.1, 0.15) is 17.7 Å². The molecule has 0 radical (unpaired) electrons. The molecular formula is C6H6N2O. The SMILES string of the molecule is COCC=C(C#N)C#N. The van der Waals surface area contributed by atoms with Crippen LogP contribution >= 0.6 is 0 Å². The third-order valence-corrected chi connectivity index (χ3v) is 0.695. The molecule has 0 heterocycles. The van der Waals surface area contributed by atoms with Crippen molar-refractivity contribution in [3.63, 3.8) is 0 Å². The summed E-state index contributed by atoms with van der Waals surface area (Å²) in [6.07, 6.45) is 1.43. The molecule has 46 valence electrons. The van der Waals surface area contributed by atoms with Gasteiger partial charge in [0.15, 0.2) is 0 Å². The van der Waals surface area contributed by atoms with Crippen molar-refractivity contribution in [2.24, 2.45) is 0 Å². The summed E-state index contributed by atoms with van der Waals surface area (Å²) in [4.78, 5) is 0. The highest BCUT2D eigenvalue weighted by molar-refractivity contribution is 5.34. The maximum absolute atomic E-state index is 8.16. The van der Waals surface area contributed by atoms with Crippen LogP contribution < -0.4 is 0 Å². The van der Waals surface area contributed by atoms with E-state index >= 15 is 0 Å². The zero-order chi connectivity index (χ0) is 7.11. The molecule has 3 heteroatoms. The molecule has 0 saturated carbocycles. The van der Waals surface area contributed by atoms with Crippen molar-refractivity contribution in [3.8, 4) is 12.1 Å². The summed E-state index contributed by atoms with van der Waals surface area (Å²) >= 11 is 0. The molecule has 9 heavy (non-hydrogen) atoms. The third kappa shape index (κ3) is 3.28. The second-order valence-electron chi connectivity index (χ2n) is 1.30. The first-order valence-electron chi connectivity index (χ1n) is 2.34. The lowest BCUT2D eigenvalue weighted by Gasteiger charge is -1.84. The summed E-state index contributed by atoms with van der Waals surface area (Å²) in [5.74, 6) is 0. The molecule has 0 spiro atoms. The molecule has 0 aliphatic rings. The number of nitrogens with zero attached hydrogens (tertiary/aromatic N) is 2. The number of hydrogen-bond acceptors (Lipinski definition) is 3. The van der Waals surface area contributed by atoms with Crippen LogP contribution in [0.3, 0.4) is 0 Å². The normalized spacial score (nSPS) is 7.00. The average molecular weight is 122 g/mol. The van der Waals surface area contributed by atoms with E-state index in [1.54, 1.807) is 12.1 Å². The summed E-state index contributed by atoms with van der Waals surface area (Å²) in [6, 6.07) is 3.41. The van der Waals surface area contributed by atoms with Gasteiger partial charge in [0.25, 0.3) is 0 Å². The highest BCUT2D eigenvalue weighted by Crippen LogP contribution is 1.86. The Labute approximate surface area is 53.8 Å². The summed E-state index contributed by atoms with van der Waals surface area (Å²) in [5.41, 5.74) is 0.0943. The molecule has 0 aliphatic carbocycles. The van der Waals surface area contributed by atoms with Crippen LogP contribution in [-0.4, -0.2) is 13.7 Å². The lowest BCUT2D eigenvalue weighted by atomic mass is 10.3. The van der Waals surface area contributed by atoms with Crippen LogP contribution in [0.2, 0.25) is 0 Å². The van der Waals surface area contributed by atoms with E-state index < -0.39 is 0 Å². The maximum Gasteiger partial charge on any atom is 0.127 e. The number of hydrogen-bond donors (Lipinski definition) is 0. The van der Waals surface area contributed by atoms with Crippen LogP contribution in [-0.2, 0) is 4.74 Å². The standard InChI is InChI=1S/C6H6N2O/c1-9-3-2-6(4-7)5-8/h2H,3H2,1H3. The van der Waals surface area contributed by atoms with E-state index in [2.05, 4.69) is 4.74 Å². The zero-order valence-electron chi connectivity index (χ0n) is 5.09.